The number of carbonyl (C=O) groups is 2. The lowest BCUT2D eigenvalue weighted by Gasteiger charge is -2.36. The van der Waals surface area contributed by atoms with Crippen molar-refractivity contribution in [1.82, 2.24) is 5.32 Å². The SMILES string of the molecule is C[C@H](NC(=O)CN1c2ccccc2CC[C@@H]1C(N)=O)c1ccccc1Cl. The third-order valence-corrected chi connectivity index (χ3v) is 5.10. The van der Waals surface area contributed by atoms with E-state index in [1.54, 1.807) is 11.0 Å². The predicted molar refractivity (Wildman–Crippen MR) is 103 cm³/mol. The molecule has 6 heteroatoms. The molecule has 2 atom stereocenters. The normalized spacial score (nSPS) is 17.3. The highest BCUT2D eigenvalue weighted by molar-refractivity contribution is 6.31. The number of fused-ring (bicyclic) bond motifs is 1. The molecule has 0 unspecified atom stereocenters. The summed E-state index contributed by atoms with van der Waals surface area (Å²) in [6, 6.07) is 14.5. The fourth-order valence-corrected chi connectivity index (χ4v) is 3.75. The number of aryl methyl sites for hydroxylation is 1. The number of hydrogen-bond donors (Lipinski definition) is 2. The quantitative estimate of drug-likeness (QED) is 0.848. The number of nitrogens with two attached hydrogens (primary N) is 1. The van der Waals surface area contributed by atoms with Crippen LogP contribution in [0.5, 0.6) is 0 Å². The molecule has 0 fully saturated rings. The van der Waals surface area contributed by atoms with Gasteiger partial charge in [-0.2, -0.15) is 0 Å². The van der Waals surface area contributed by atoms with E-state index in [9.17, 15) is 9.59 Å². The minimum atomic E-state index is -0.480. The number of hydrogen-bond acceptors (Lipinski definition) is 3. The van der Waals surface area contributed by atoms with Crippen LogP contribution in [0, 0.1) is 0 Å². The number of amides is 2. The standard InChI is InChI=1S/C20H22ClN3O2/c1-13(15-7-3-4-8-16(15)21)23-19(25)12-24-17-9-5-2-6-14(17)10-11-18(24)20(22)26/h2-9,13,18H,10-12H2,1H3,(H2,22,26)(H,23,25)/t13-,18+/m0/s1. The molecule has 3 N–H and O–H groups in total. The maximum Gasteiger partial charge on any atom is 0.240 e. The van der Waals surface area contributed by atoms with Gasteiger partial charge in [0, 0.05) is 10.7 Å². The van der Waals surface area contributed by atoms with Crippen LogP contribution >= 0.6 is 11.6 Å². The molecule has 1 aliphatic heterocycles. The zero-order valence-electron chi connectivity index (χ0n) is 14.6. The van der Waals surface area contributed by atoms with Gasteiger partial charge in [-0.15, -0.1) is 0 Å². The van der Waals surface area contributed by atoms with Gasteiger partial charge in [-0.25, -0.2) is 0 Å². The van der Waals surface area contributed by atoms with Crippen LogP contribution in [0.4, 0.5) is 5.69 Å². The van der Waals surface area contributed by atoms with E-state index in [4.69, 9.17) is 17.3 Å². The lowest BCUT2D eigenvalue weighted by Crippen LogP contribution is -2.51. The second-order valence-electron chi connectivity index (χ2n) is 6.52. The minimum Gasteiger partial charge on any atom is -0.368 e. The summed E-state index contributed by atoms with van der Waals surface area (Å²) >= 11 is 6.20. The Kier molecular flexibility index (Phi) is 5.47. The van der Waals surface area contributed by atoms with Crippen molar-refractivity contribution in [3.8, 4) is 0 Å². The van der Waals surface area contributed by atoms with Crippen LogP contribution < -0.4 is 16.0 Å². The Bertz CT molecular complexity index is 824. The summed E-state index contributed by atoms with van der Waals surface area (Å²) < 4.78 is 0. The zero-order chi connectivity index (χ0) is 18.7. The first-order chi connectivity index (χ1) is 12.5. The van der Waals surface area contributed by atoms with Gasteiger partial charge < -0.3 is 16.0 Å². The molecule has 3 rings (SSSR count). The predicted octanol–water partition coefficient (Wildman–Crippen LogP) is 2.82. The van der Waals surface area contributed by atoms with Crippen LogP contribution in [0.3, 0.4) is 0 Å². The molecule has 0 radical (unpaired) electrons. The molecule has 2 aromatic carbocycles. The molecule has 0 saturated heterocycles. The van der Waals surface area contributed by atoms with Crippen molar-refractivity contribution in [3.05, 3.63) is 64.7 Å². The van der Waals surface area contributed by atoms with Crippen LogP contribution in [-0.2, 0) is 16.0 Å². The van der Waals surface area contributed by atoms with Gasteiger partial charge in [0.15, 0.2) is 0 Å². The average Bonchev–Trinajstić information content (AvgIpc) is 2.62. The third kappa shape index (κ3) is 3.83. The molecular weight excluding hydrogens is 350 g/mol. The fraction of sp³-hybridized carbons (Fsp3) is 0.300. The molecule has 0 aliphatic carbocycles. The molecule has 0 aromatic heterocycles. The summed E-state index contributed by atoms with van der Waals surface area (Å²) in [4.78, 5) is 26.3. The summed E-state index contributed by atoms with van der Waals surface area (Å²) in [5.41, 5.74) is 8.44. The lowest BCUT2D eigenvalue weighted by atomic mass is 9.95. The summed E-state index contributed by atoms with van der Waals surface area (Å²) in [6.07, 6.45) is 1.39. The van der Waals surface area contributed by atoms with Crippen molar-refractivity contribution in [2.75, 3.05) is 11.4 Å². The molecule has 2 amide bonds. The summed E-state index contributed by atoms with van der Waals surface area (Å²) in [5, 5.41) is 3.57. The number of benzene rings is 2. The topological polar surface area (TPSA) is 75.4 Å². The Morgan fingerprint density at radius 3 is 2.65 bits per heavy atom. The van der Waals surface area contributed by atoms with E-state index in [1.165, 1.54) is 0 Å². The maximum absolute atomic E-state index is 12.6. The van der Waals surface area contributed by atoms with E-state index >= 15 is 0 Å². The second kappa shape index (κ2) is 7.79. The van der Waals surface area contributed by atoms with Gasteiger partial charge in [0.05, 0.1) is 12.6 Å². The van der Waals surface area contributed by atoms with Gasteiger partial charge in [-0.3, -0.25) is 9.59 Å². The van der Waals surface area contributed by atoms with Gasteiger partial charge in [0.25, 0.3) is 0 Å². The minimum absolute atomic E-state index is 0.0689. The van der Waals surface area contributed by atoms with Crippen molar-refractivity contribution in [2.24, 2.45) is 5.73 Å². The van der Waals surface area contributed by atoms with Crippen molar-refractivity contribution < 1.29 is 9.59 Å². The number of carbonyl (C=O) groups excluding carboxylic acids is 2. The van der Waals surface area contributed by atoms with Crippen LogP contribution in [0.2, 0.25) is 5.02 Å². The average molecular weight is 372 g/mol. The van der Waals surface area contributed by atoms with Crippen LogP contribution in [-0.4, -0.2) is 24.4 Å². The first kappa shape index (κ1) is 18.3. The zero-order valence-corrected chi connectivity index (χ0v) is 15.4. The molecule has 136 valence electrons. The van der Waals surface area contributed by atoms with Gasteiger partial charge in [-0.05, 0) is 43.0 Å². The fourth-order valence-electron chi connectivity index (χ4n) is 3.46. The van der Waals surface area contributed by atoms with Gasteiger partial charge in [0.1, 0.15) is 6.04 Å². The van der Waals surface area contributed by atoms with Crippen molar-refractivity contribution in [1.29, 1.82) is 0 Å². The highest BCUT2D eigenvalue weighted by atomic mass is 35.5. The Labute approximate surface area is 158 Å². The number of anilines is 1. The van der Waals surface area contributed by atoms with E-state index in [0.717, 1.165) is 23.2 Å². The monoisotopic (exact) mass is 371 g/mol. The summed E-state index contributed by atoms with van der Waals surface area (Å²) in [5.74, 6) is -0.591. The highest BCUT2D eigenvalue weighted by Gasteiger charge is 2.31. The Morgan fingerprint density at radius 2 is 1.92 bits per heavy atom. The smallest absolute Gasteiger partial charge is 0.240 e. The molecule has 5 nitrogen and oxygen atoms in total. The van der Waals surface area contributed by atoms with E-state index in [-0.39, 0.29) is 18.5 Å². The van der Waals surface area contributed by atoms with Crippen molar-refractivity contribution in [2.45, 2.75) is 31.8 Å². The van der Waals surface area contributed by atoms with Crippen LogP contribution in [0.25, 0.3) is 0 Å². The van der Waals surface area contributed by atoms with E-state index < -0.39 is 11.9 Å². The van der Waals surface area contributed by atoms with Gasteiger partial charge >= 0.3 is 0 Å². The maximum atomic E-state index is 12.6. The van der Waals surface area contributed by atoms with Gasteiger partial charge in [-0.1, -0.05) is 48.0 Å². The number of para-hydroxylation sites is 1. The molecular formula is C20H22ClN3O2. The van der Waals surface area contributed by atoms with Crippen LogP contribution in [0.1, 0.15) is 30.5 Å². The Hall–Kier alpha value is -2.53. The van der Waals surface area contributed by atoms with Gasteiger partial charge in [0.2, 0.25) is 11.8 Å². The summed E-state index contributed by atoms with van der Waals surface area (Å²) in [6.45, 7) is 1.95. The van der Waals surface area contributed by atoms with E-state index in [0.29, 0.717) is 11.4 Å². The summed E-state index contributed by atoms with van der Waals surface area (Å²) in [7, 11) is 0. The van der Waals surface area contributed by atoms with E-state index in [2.05, 4.69) is 5.32 Å². The largest absolute Gasteiger partial charge is 0.368 e. The number of nitrogens with zero attached hydrogens (tertiary/aromatic N) is 1. The number of primary amides is 1. The molecule has 0 spiro atoms. The number of halogens is 1. The highest BCUT2D eigenvalue weighted by Crippen LogP contribution is 2.30. The van der Waals surface area contributed by atoms with Crippen LogP contribution in [0.15, 0.2) is 48.5 Å². The second-order valence-corrected chi connectivity index (χ2v) is 6.93. The van der Waals surface area contributed by atoms with E-state index in [1.807, 2.05) is 49.4 Å². The van der Waals surface area contributed by atoms with Crippen molar-refractivity contribution >= 4 is 29.1 Å². The third-order valence-electron chi connectivity index (χ3n) is 4.76. The molecule has 26 heavy (non-hydrogen) atoms. The molecule has 1 heterocycles. The van der Waals surface area contributed by atoms with Crippen molar-refractivity contribution in [3.63, 3.8) is 0 Å². The molecule has 1 aliphatic rings. The molecule has 0 bridgehead atoms. The first-order valence-electron chi connectivity index (χ1n) is 8.65. The lowest BCUT2D eigenvalue weighted by molar-refractivity contribution is -0.121. The molecule has 2 aromatic rings. The molecule has 0 saturated carbocycles. The Balaban J connectivity index is 1.76. The number of rotatable bonds is 5. The number of nitrogens with one attached hydrogen (secondary N) is 1. The first-order valence-corrected chi connectivity index (χ1v) is 9.03. The Morgan fingerprint density at radius 1 is 1.23 bits per heavy atom.